The van der Waals surface area contributed by atoms with Crippen molar-refractivity contribution >= 4 is 52.1 Å². The van der Waals surface area contributed by atoms with Crippen LogP contribution in [0.4, 0.5) is 5.69 Å². The van der Waals surface area contributed by atoms with Gasteiger partial charge in [-0.15, -0.1) is 0 Å². The Bertz CT molecular complexity index is 708. The van der Waals surface area contributed by atoms with Gasteiger partial charge in [0, 0.05) is 11.4 Å². The SMILES string of the molecule is O=C(CCCOc1ccc(Cl)cc1)NC(=S)Nc1ccccc1Cl. The van der Waals surface area contributed by atoms with Gasteiger partial charge in [0.1, 0.15) is 5.75 Å². The molecule has 0 atom stereocenters. The summed E-state index contributed by atoms with van der Waals surface area (Å²) in [6, 6.07) is 14.2. The zero-order valence-corrected chi connectivity index (χ0v) is 15.0. The van der Waals surface area contributed by atoms with E-state index in [1.54, 1.807) is 36.4 Å². The molecule has 2 rings (SSSR count). The lowest BCUT2D eigenvalue weighted by molar-refractivity contribution is -0.119. The Kier molecular flexibility index (Phi) is 7.31. The number of hydrogen-bond acceptors (Lipinski definition) is 3. The molecule has 0 bridgehead atoms. The first-order chi connectivity index (χ1) is 11.5. The number of nitrogens with one attached hydrogen (secondary N) is 2. The van der Waals surface area contributed by atoms with Crippen molar-refractivity contribution in [1.82, 2.24) is 5.32 Å². The summed E-state index contributed by atoms with van der Waals surface area (Å²) in [5, 5.41) is 6.90. The Balaban J connectivity index is 1.66. The molecule has 7 heteroatoms. The van der Waals surface area contributed by atoms with Crippen LogP contribution in [-0.4, -0.2) is 17.6 Å². The third-order valence-electron chi connectivity index (χ3n) is 3.01. The summed E-state index contributed by atoms with van der Waals surface area (Å²) in [5.41, 5.74) is 0.649. The van der Waals surface area contributed by atoms with Crippen LogP contribution in [0.5, 0.6) is 5.75 Å². The average Bonchev–Trinajstić information content (AvgIpc) is 2.55. The van der Waals surface area contributed by atoms with Gasteiger partial charge in [0.05, 0.1) is 17.3 Å². The first kappa shape index (κ1) is 18.5. The molecule has 1 amide bonds. The van der Waals surface area contributed by atoms with E-state index in [2.05, 4.69) is 10.6 Å². The molecule has 0 aliphatic rings. The maximum Gasteiger partial charge on any atom is 0.226 e. The van der Waals surface area contributed by atoms with E-state index in [-0.39, 0.29) is 11.0 Å². The van der Waals surface area contributed by atoms with Crippen LogP contribution in [0.2, 0.25) is 10.0 Å². The summed E-state index contributed by atoms with van der Waals surface area (Å²) in [6.45, 7) is 0.430. The Hall–Kier alpha value is -1.82. The zero-order chi connectivity index (χ0) is 17.4. The summed E-state index contributed by atoms with van der Waals surface area (Å²) < 4.78 is 5.52. The van der Waals surface area contributed by atoms with Crippen LogP contribution in [0.3, 0.4) is 0 Å². The van der Waals surface area contributed by atoms with Crippen LogP contribution in [0.15, 0.2) is 48.5 Å². The van der Waals surface area contributed by atoms with Gasteiger partial charge in [-0.25, -0.2) is 0 Å². The highest BCUT2D eigenvalue weighted by molar-refractivity contribution is 7.80. The molecule has 0 aromatic heterocycles. The van der Waals surface area contributed by atoms with Crippen LogP contribution in [0, 0.1) is 0 Å². The number of carbonyl (C=O) groups is 1. The van der Waals surface area contributed by atoms with Crippen molar-refractivity contribution in [2.45, 2.75) is 12.8 Å². The van der Waals surface area contributed by atoms with Gasteiger partial charge in [-0.1, -0.05) is 35.3 Å². The summed E-state index contributed by atoms with van der Waals surface area (Å²) >= 11 is 16.9. The van der Waals surface area contributed by atoms with Crippen molar-refractivity contribution in [3.63, 3.8) is 0 Å². The van der Waals surface area contributed by atoms with Crippen LogP contribution < -0.4 is 15.4 Å². The van der Waals surface area contributed by atoms with E-state index >= 15 is 0 Å². The third-order valence-corrected chi connectivity index (χ3v) is 3.79. The molecular formula is C17H16Cl2N2O2S. The number of para-hydroxylation sites is 1. The maximum absolute atomic E-state index is 11.8. The normalized spacial score (nSPS) is 10.1. The molecule has 24 heavy (non-hydrogen) atoms. The highest BCUT2D eigenvalue weighted by Crippen LogP contribution is 2.20. The molecular weight excluding hydrogens is 367 g/mol. The molecule has 4 nitrogen and oxygen atoms in total. The van der Waals surface area contributed by atoms with Crippen molar-refractivity contribution in [1.29, 1.82) is 0 Å². The van der Waals surface area contributed by atoms with E-state index in [9.17, 15) is 4.79 Å². The molecule has 2 aromatic rings. The number of halogens is 2. The monoisotopic (exact) mass is 382 g/mol. The topological polar surface area (TPSA) is 50.4 Å². The van der Waals surface area contributed by atoms with Gasteiger partial charge in [0.25, 0.3) is 0 Å². The Morgan fingerprint density at radius 3 is 2.50 bits per heavy atom. The average molecular weight is 383 g/mol. The predicted molar refractivity (Wildman–Crippen MR) is 102 cm³/mol. The van der Waals surface area contributed by atoms with Gasteiger partial charge >= 0.3 is 0 Å². The highest BCUT2D eigenvalue weighted by atomic mass is 35.5. The van der Waals surface area contributed by atoms with Gasteiger partial charge in [-0.2, -0.15) is 0 Å². The first-order valence-corrected chi connectivity index (χ1v) is 8.45. The predicted octanol–water partition coefficient (Wildman–Crippen LogP) is 4.67. The minimum atomic E-state index is -0.181. The number of anilines is 1. The molecule has 2 aromatic carbocycles. The number of amides is 1. The summed E-state index contributed by atoms with van der Waals surface area (Å²) in [7, 11) is 0. The summed E-state index contributed by atoms with van der Waals surface area (Å²) in [4.78, 5) is 11.8. The fourth-order valence-corrected chi connectivity index (χ4v) is 2.39. The summed E-state index contributed by atoms with van der Waals surface area (Å²) in [6.07, 6.45) is 0.876. The molecule has 0 aliphatic carbocycles. The van der Waals surface area contributed by atoms with Crippen molar-refractivity contribution in [3.05, 3.63) is 58.6 Å². The van der Waals surface area contributed by atoms with Crippen LogP contribution >= 0.6 is 35.4 Å². The molecule has 126 valence electrons. The minimum absolute atomic E-state index is 0.181. The largest absolute Gasteiger partial charge is 0.494 e. The van der Waals surface area contributed by atoms with E-state index in [0.717, 1.165) is 5.75 Å². The molecule has 2 N–H and O–H groups in total. The fourth-order valence-electron chi connectivity index (χ4n) is 1.86. The molecule has 0 radical (unpaired) electrons. The van der Waals surface area contributed by atoms with Gasteiger partial charge in [-0.3, -0.25) is 4.79 Å². The van der Waals surface area contributed by atoms with Crippen LogP contribution in [0.25, 0.3) is 0 Å². The lowest BCUT2D eigenvalue weighted by Gasteiger charge is -2.11. The standard InChI is InChI=1S/C17H16Cl2N2O2S/c18-12-7-9-13(10-8-12)23-11-3-6-16(22)21-17(24)20-15-5-2-1-4-14(15)19/h1-2,4-5,7-10H,3,6,11H2,(H2,20,21,22,24). The minimum Gasteiger partial charge on any atom is -0.494 e. The first-order valence-electron chi connectivity index (χ1n) is 7.28. The van der Waals surface area contributed by atoms with Gasteiger partial charge < -0.3 is 15.4 Å². The summed E-state index contributed by atoms with van der Waals surface area (Å²) in [5.74, 6) is 0.537. The Morgan fingerprint density at radius 1 is 1.08 bits per heavy atom. The van der Waals surface area contributed by atoms with Crippen molar-refractivity contribution in [2.24, 2.45) is 0 Å². The number of carbonyl (C=O) groups excluding carboxylic acids is 1. The molecule has 0 saturated heterocycles. The maximum atomic E-state index is 11.8. The van der Waals surface area contributed by atoms with Gasteiger partial charge in [0.15, 0.2) is 5.11 Å². The number of benzene rings is 2. The molecule has 0 heterocycles. The molecule has 0 unspecified atom stereocenters. The number of rotatable bonds is 6. The van der Waals surface area contributed by atoms with Crippen molar-refractivity contribution in [3.8, 4) is 5.75 Å². The number of ether oxygens (including phenoxy) is 1. The molecule has 0 fully saturated rings. The van der Waals surface area contributed by atoms with Crippen molar-refractivity contribution in [2.75, 3.05) is 11.9 Å². The van der Waals surface area contributed by atoms with E-state index in [0.29, 0.717) is 35.2 Å². The zero-order valence-electron chi connectivity index (χ0n) is 12.7. The molecule has 0 aliphatic heterocycles. The number of hydrogen-bond donors (Lipinski definition) is 2. The smallest absolute Gasteiger partial charge is 0.226 e. The second-order valence-corrected chi connectivity index (χ2v) is 6.14. The fraction of sp³-hybridized carbons (Fsp3) is 0.176. The van der Waals surface area contributed by atoms with Crippen LogP contribution in [-0.2, 0) is 4.79 Å². The van der Waals surface area contributed by atoms with Crippen molar-refractivity contribution < 1.29 is 9.53 Å². The second-order valence-electron chi connectivity index (χ2n) is 4.89. The van der Waals surface area contributed by atoms with Gasteiger partial charge in [-0.05, 0) is 55.0 Å². The lowest BCUT2D eigenvalue weighted by Crippen LogP contribution is -2.34. The Labute approximate surface area is 156 Å². The quantitative estimate of drug-likeness (QED) is 0.563. The van der Waals surface area contributed by atoms with E-state index in [1.165, 1.54) is 0 Å². The van der Waals surface area contributed by atoms with Gasteiger partial charge in [0.2, 0.25) is 5.91 Å². The lowest BCUT2D eigenvalue weighted by atomic mass is 10.3. The third kappa shape index (κ3) is 6.35. The second kappa shape index (κ2) is 9.47. The highest BCUT2D eigenvalue weighted by Gasteiger charge is 2.06. The van der Waals surface area contributed by atoms with Crippen LogP contribution in [0.1, 0.15) is 12.8 Å². The number of thiocarbonyl (C=S) groups is 1. The molecule has 0 spiro atoms. The van der Waals surface area contributed by atoms with E-state index in [4.69, 9.17) is 40.2 Å². The Morgan fingerprint density at radius 2 is 1.79 bits per heavy atom. The molecule has 0 saturated carbocycles. The van der Waals surface area contributed by atoms with E-state index < -0.39 is 0 Å². The van der Waals surface area contributed by atoms with E-state index in [1.807, 2.05) is 12.1 Å².